The van der Waals surface area contributed by atoms with E-state index >= 15 is 0 Å². The molecule has 1 aromatic heterocycles. The molecule has 9 atom stereocenters. The summed E-state index contributed by atoms with van der Waals surface area (Å²) in [4.78, 5) is 75.3. The molecule has 33 heteroatoms. The van der Waals surface area contributed by atoms with Crippen LogP contribution in [0.2, 0.25) is 0 Å². The van der Waals surface area contributed by atoms with Gasteiger partial charge in [0.2, 0.25) is 10.2 Å². The van der Waals surface area contributed by atoms with Crippen LogP contribution < -0.4 is 35.3 Å². The summed E-state index contributed by atoms with van der Waals surface area (Å²) in [7, 11) is 5.18. The van der Waals surface area contributed by atoms with E-state index in [1.165, 1.54) is 106 Å². The molecule has 0 radical (unpaired) electrons. The van der Waals surface area contributed by atoms with E-state index in [2.05, 4.69) is 58.5 Å². The Labute approximate surface area is 874 Å². The average molecular weight is 2090 g/mol. The number of amidine groups is 1. The number of aromatic nitrogens is 2. The molecular weight excluding hydrogens is 1960 g/mol. The van der Waals surface area contributed by atoms with Crippen LogP contribution in [0.15, 0.2) is 319 Å². The molecule has 4 bridgehead atoms. The molecule has 20 rings (SSSR count). The number of nitrogens with zero attached hydrogens (tertiary/aromatic N) is 8. The minimum Gasteiger partial charge on any atom is -0.497 e. The molecule has 146 heavy (non-hydrogen) atoms. The summed E-state index contributed by atoms with van der Waals surface area (Å²) >= 11 is 8.35. The number of aliphatic hydroxyl groups excluding tert-OH is 1. The van der Waals surface area contributed by atoms with Crippen molar-refractivity contribution >= 4 is 97.1 Å². The number of anilines is 1. The number of ether oxygens (including phenoxy) is 10. The first-order chi connectivity index (χ1) is 71.3. The number of aliphatic imine (C=N–C) groups is 1. The summed E-state index contributed by atoms with van der Waals surface area (Å²) in [6, 6.07) is 87.5. The van der Waals surface area contributed by atoms with Crippen molar-refractivity contribution in [2.24, 2.45) is 4.99 Å². The minimum absolute atomic E-state index is 0.0146. The quantitative estimate of drug-likeness (QED) is 0.0124. The highest BCUT2D eigenvalue weighted by atomic mass is 32.7. The van der Waals surface area contributed by atoms with E-state index in [-0.39, 0.29) is 62.7 Å². The fraction of sp³-hybridized carbons (Fsp3) is 0.354. The van der Waals surface area contributed by atoms with Gasteiger partial charge in [-0.15, -0.1) is 0 Å². The number of hydrogen-bond donors (Lipinski definition) is 4. The van der Waals surface area contributed by atoms with Gasteiger partial charge in [-0.25, -0.2) is 9.79 Å². The molecule has 10 heterocycles. The molecule has 9 aliphatic rings. The summed E-state index contributed by atoms with van der Waals surface area (Å²) in [5.41, 5.74) is 3.43. The molecule has 1 unspecified atom stereocenters. The van der Waals surface area contributed by atoms with Gasteiger partial charge in [0.25, 0.3) is 11.8 Å². The Balaban J connectivity index is 0.000000161. The summed E-state index contributed by atoms with van der Waals surface area (Å²) in [6.07, 6.45) is 9.26. The second kappa shape index (κ2) is 50.5. The Bertz CT molecular complexity index is 6160. The van der Waals surface area contributed by atoms with Crippen LogP contribution in [0, 0.1) is 6.92 Å². The van der Waals surface area contributed by atoms with Crippen molar-refractivity contribution in [3.63, 3.8) is 0 Å². The van der Waals surface area contributed by atoms with Crippen molar-refractivity contribution in [2.75, 3.05) is 136 Å². The standard InChI is InChI=1S/C52H53N4O9PS2.C40H39N3O7.C12H24N3P.C9H10OS2/c1-36-33-56(50(59)54-46(36)53-47(57)37-15-7-4-8-16-37)48-44-45(65-66(55-29-13-14-30-55)68-32-31-67-49(58)38-17-9-5-10-18-38)51(64-48,34-62-44)35-63-52(39-19-11-6-12-20-39,40-21-25-42(60-2)26-22-40)41-23-27-43(61-3)28-24-41;1-26-23-43(27(2)41-36(26)42-37(45)28-11-7-5-8-12-28)38-34-35(44)39(50-38,24-48-34)25-49-40(29-13-9-6-10-14-29,30-15-19-32(46-3)20-16-30)31-17-21-33(47-4)22-18-31;1-2-8-13(7-1)16(14-9-3-4-10-14)15-11-5-6-12-15;10-9(12-7-6-11)8-4-2-1-3-5-8/h4-12,15-28,33,44-45,48H,13-14,29-32,34-35H2,1-3H3,(H,53,54,57,59);5-23,34-35,38,44H,2,24-25H2,1,3-4H3,(H,41,42,45);1-12H2;1-5,11H,6-7H2/t44-,45+,48-,51-,66?;34-,35+,38-,39-;;/m11../s1. The Hall–Kier alpha value is -10.7. The summed E-state index contributed by atoms with van der Waals surface area (Å²) in [5, 5.41) is 17.6. The van der Waals surface area contributed by atoms with Crippen LogP contribution in [0.4, 0.5) is 5.82 Å². The Morgan fingerprint density at radius 2 is 0.842 bits per heavy atom. The van der Waals surface area contributed by atoms with E-state index < -0.39 is 72.5 Å². The number of fused-ring (bicyclic) bond motifs is 4. The summed E-state index contributed by atoms with van der Waals surface area (Å²) in [6.45, 7) is 17.9. The Morgan fingerprint density at radius 3 is 1.27 bits per heavy atom. The smallest absolute Gasteiger partial charge is 0.351 e. The molecule has 2 amide bonds. The lowest BCUT2D eigenvalue weighted by molar-refractivity contribution is -0.208. The summed E-state index contributed by atoms with van der Waals surface area (Å²) < 4.78 is 83.1. The first kappa shape index (κ1) is 107. The molecule has 10 aromatic carbocycles. The van der Waals surface area contributed by atoms with Crippen molar-refractivity contribution in [1.82, 2.24) is 38.4 Å². The molecule has 8 fully saturated rings. The second-order valence-corrected chi connectivity index (χ2v) is 45.1. The normalized spacial score (nSPS) is 21.5. The molecule has 3 N–H and O–H groups in total. The first-order valence-corrected chi connectivity index (χ1v) is 56.2. The molecule has 0 saturated carbocycles. The van der Waals surface area contributed by atoms with Crippen molar-refractivity contribution in [2.45, 2.75) is 124 Å². The van der Waals surface area contributed by atoms with Gasteiger partial charge in [0, 0.05) is 115 Å². The number of methoxy groups -OCH3 is 4. The maximum absolute atomic E-state index is 14.2. The van der Waals surface area contributed by atoms with Crippen LogP contribution in [0.3, 0.4) is 0 Å². The van der Waals surface area contributed by atoms with Gasteiger partial charge in [-0.3, -0.25) is 42.4 Å². The fourth-order valence-electron chi connectivity index (χ4n) is 19.6. The number of carbonyl (C=O) groups is 4. The number of rotatable bonds is 35. The lowest BCUT2D eigenvalue weighted by Crippen LogP contribution is -2.50. The van der Waals surface area contributed by atoms with Crippen LogP contribution >= 0.6 is 63.4 Å². The van der Waals surface area contributed by atoms with E-state index in [0.717, 1.165) is 76.4 Å². The molecule has 764 valence electrons. The van der Waals surface area contributed by atoms with Crippen LogP contribution in [0.1, 0.15) is 145 Å². The number of hydrogen-bond acceptors (Lipinski definition) is 28. The Morgan fingerprint density at radius 1 is 0.473 bits per heavy atom. The first-order valence-electron chi connectivity index (χ1n) is 49.5. The lowest BCUT2D eigenvalue weighted by Gasteiger charge is -2.41. The number of thiol groups is 1. The second-order valence-electron chi connectivity index (χ2n) is 36.7. The van der Waals surface area contributed by atoms with Crippen LogP contribution in [-0.2, 0) is 44.1 Å². The highest BCUT2D eigenvalue weighted by molar-refractivity contribution is 8.53. The van der Waals surface area contributed by atoms with Crippen molar-refractivity contribution in [1.29, 1.82) is 0 Å². The minimum atomic E-state index is -1.29. The molecule has 8 saturated heterocycles. The average Bonchev–Trinajstić information content (AvgIpc) is 1.56. The Kier molecular flexibility index (Phi) is 36.9. The topological polar surface area (TPSA) is 278 Å². The highest BCUT2D eigenvalue weighted by Gasteiger charge is 2.66. The zero-order valence-corrected chi connectivity index (χ0v) is 88.1. The monoisotopic (exact) mass is 2080 g/mol. The number of aryl methyl sites for hydroxylation is 1. The third kappa shape index (κ3) is 24.5. The van der Waals surface area contributed by atoms with E-state index in [9.17, 15) is 29.1 Å². The van der Waals surface area contributed by atoms with Crippen LogP contribution in [-0.4, -0.2) is 238 Å². The van der Waals surface area contributed by atoms with Gasteiger partial charge in [-0.05, 0) is 177 Å². The molecule has 9 aliphatic heterocycles. The zero-order valence-electron chi connectivity index (χ0n) is 83.0. The van der Waals surface area contributed by atoms with E-state index in [1.807, 2.05) is 237 Å². The number of carbonyl (C=O) groups excluding carboxylic acids is 4. The predicted molar refractivity (Wildman–Crippen MR) is 581 cm³/mol. The molecule has 0 spiro atoms. The van der Waals surface area contributed by atoms with E-state index in [1.54, 1.807) is 113 Å². The van der Waals surface area contributed by atoms with Crippen molar-refractivity contribution in [3.05, 3.63) is 381 Å². The molecule has 0 aliphatic carbocycles. The van der Waals surface area contributed by atoms with Gasteiger partial charge >= 0.3 is 5.69 Å². The number of thioether (sulfide) groups is 2. The molecule has 27 nitrogen and oxygen atoms in total. The number of nitrogens with one attached hydrogen (secondary N) is 2. The van der Waals surface area contributed by atoms with E-state index in [0.29, 0.717) is 74.0 Å². The maximum Gasteiger partial charge on any atom is 0.351 e. The van der Waals surface area contributed by atoms with Gasteiger partial charge < -0.3 is 72.5 Å². The van der Waals surface area contributed by atoms with Gasteiger partial charge in [0.15, 0.2) is 20.0 Å². The fourth-order valence-corrected chi connectivity index (χ4v) is 28.8. The zero-order chi connectivity index (χ0) is 102. The lowest BCUT2D eigenvalue weighted by atomic mass is 9.79. The van der Waals surface area contributed by atoms with E-state index in [4.69, 9.17) is 51.9 Å². The van der Waals surface area contributed by atoms with Crippen LogP contribution in [0.25, 0.3) is 0 Å². The number of amides is 2. The SMILES string of the molecule is C1CCN(P(N2CCCC2)N2CCCC2)C1.C=C1N=C(NC(=O)c2ccccc2)C(C)=CN1[C@@H]1O[C@@]2(COC(c3ccccc3)(c3ccc(OC)cc3)c3ccc(OC)cc3)CO[C@@H]1[C@@H]2O.COc1ccc(C(OC[C@@]23CO[C@@H]([C@H](n4cc(C)c(NC(=O)c5ccccc5)nc4=O)O2)[C@@H]3OP(SCCSC(=O)c2ccccc2)N2CCCC2)(c2ccccc2)c2ccc(OC)cc2)cc1.O=C(SCCS)c1ccccc1. The van der Waals surface area contributed by atoms with Gasteiger partial charge in [-0.1, -0.05) is 248 Å². The van der Waals surface area contributed by atoms with Crippen LogP contribution in [0.5, 0.6) is 23.0 Å². The number of aliphatic hydroxyl groups is 1. The van der Waals surface area contributed by atoms with Crippen molar-refractivity contribution in [3.8, 4) is 23.0 Å². The summed E-state index contributed by atoms with van der Waals surface area (Å²) in [5.74, 6) is 5.81. The van der Waals surface area contributed by atoms with Gasteiger partial charge in [0.1, 0.15) is 95.7 Å². The third-order valence-corrected chi connectivity index (χ3v) is 36.6. The molecular formula is C113H126N10O17P2S4. The van der Waals surface area contributed by atoms with Gasteiger partial charge in [-0.2, -0.15) is 17.6 Å². The maximum atomic E-state index is 14.2. The van der Waals surface area contributed by atoms with Gasteiger partial charge in [0.05, 0.1) is 54.9 Å². The highest BCUT2D eigenvalue weighted by Crippen LogP contribution is 2.62. The predicted octanol–water partition coefficient (Wildman–Crippen LogP) is 19.9. The third-order valence-electron chi connectivity index (χ3n) is 27.2. The molecule has 11 aromatic rings. The number of benzene rings is 10. The van der Waals surface area contributed by atoms with Crippen molar-refractivity contribution < 1.29 is 76.2 Å². The largest absolute Gasteiger partial charge is 0.497 e.